The number of halogens is 1. The third-order valence-electron chi connectivity index (χ3n) is 2.95. The van der Waals surface area contributed by atoms with E-state index in [1.54, 1.807) is 31.2 Å². The van der Waals surface area contributed by atoms with Gasteiger partial charge in [-0.1, -0.05) is 11.6 Å². The van der Waals surface area contributed by atoms with Gasteiger partial charge in [0.15, 0.2) is 0 Å². The normalized spacial score (nSPS) is 10.1. The second-order valence-electron chi connectivity index (χ2n) is 4.75. The molecule has 0 aliphatic carbocycles. The molecule has 0 aliphatic heterocycles. The van der Waals surface area contributed by atoms with Crippen molar-refractivity contribution >= 4 is 29.3 Å². The zero-order chi connectivity index (χ0) is 17.4. The van der Waals surface area contributed by atoms with Gasteiger partial charge in [-0.05, 0) is 43.3 Å². The summed E-state index contributed by atoms with van der Waals surface area (Å²) in [5, 5.41) is 3.23. The average molecular weight is 349 g/mol. The second kappa shape index (κ2) is 8.88. The first-order valence-corrected chi connectivity index (χ1v) is 7.77. The van der Waals surface area contributed by atoms with Crippen molar-refractivity contribution in [1.82, 2.24) is 4.98 Å². The molecule has 126 valence electrons. The van der Waals surface area contributed by atoms with Gasteiger partial charge in [0.05, 0.1) is 25.2 Å². The smallest absolute Gasteiger partial charge is 0.338 e. The average Bonchev–Trinajstić information content (AvgIpc) is 2.57. The minimum atomic E-state index is -0.457. The number of rotatable bonds is 7. The lowest BCUT2D eigenvalue weighted by Crippen LogP contribution is -2.16. The summed E-state index contributed by atoms with van der Waals surface area (Å²) in [6.07, 6.45) is 1.58. The highest BCUT2D eigenvalue weighted by Crippen LogP contribution is 2.15. The monoisotopic (exact) mass is 348 g/mol. The molecule has 1 N–H and O–H groups in total. The Morgan fingerprint density at radius 3 is 2.67 bits per heavy atom. The summed E-state index contributed by atoms with van der Waals surface area (Å²) >= 11 is 5.78. The number of ether oxygens (including phenoxy) is 2. The molecule has 1 heterocycles. The van der Waals surface area contributed by atoms with Crippen LogP contribution in [-0.2, 0) is 9.53 Å². The highest BCUT2D eigenvalue weighted by atomic mass is 35.5. The van der Waals surface area contributed by atoms with Crippen molar-refractivity contribution < 1.29 is 19.1 Å². The van der Waals surface area contributed by atoms with Crippen LogP contribution in [-0.4, -0.2) is 30.1 Å². The number of hydrogen-bond donors (Lipinski definition) is 1. The summed E-state index contributed by atoms with van der Waals surface area (Å²) in [5.41, 5.74) is 0.333. The lowest BCUT2D eigenvalue weighted by molar-refractivity contribution is -0.116. The molecule has 0 aliphatic rings. The Hall–Kier alpha value is -2.60. The number of hydrogen-bond acceptors (Lipinski definition) is 5. The number of nitrogens with one attached hydrogen (secondary N) is 1. The number of esters is 1. The molecule has 0 unspecified atom stereocenters. The number of anilines is 1. The lowest BCUT2D eigenvalue weighted by Gasteiger charge is -2.08. The molecule has 0 spiro atoms. The summed E-state index contributed by atoms with van der Waals surface area (Å²) in [7, 11) is 0. The van der Waals surface area contributed by atoms with Crippen molar-refractivity contribution in [3.8, 4) is 5.75 Å². The molecule has 1 amide bonds. The minimum absolute atomic E-state index is 0.147. The van der Waals surface area contributed by atoms with E-state index in [4.69, 9.17) is 21.1 Å². The maximum Gasteiger partial charge on any atom is 0.338 e. The van der Waals surface area contributed by atoms with Crippen LogP contribution >= 0.6 is 11.6 Å². The van der Waals surface area contributed by atoms with Crippen LogP contribution in [0.25, 0.3) is 0 Å². The molecular formula is C17H17ClN2O4. The summed E-state index contributed by atoms with van der Waals surface area (Å²) < 4.78 is 10.4. The van der Waals surface area contributed by atoms with Crippen molar-refractivity contribution in [2.45, 2.75) is 13.3 Å². The van der Waals surface area contributed by atoms with Crippen LogP contribution in [0, 0.1) is 0 Å². The molecule has 24 heavy (non-hydrogen) atoms. The van der Waals surface area contributed by atoms with Gasteiger partial charge in [-0.25, -0.2) is 9.78 Å². The third-order valence-corrected chi connectivity index (χ3v) is 3.20. The molecule has 0 saturated heterocycles. The van der Waals surface area contributed by atoms with Crippen LogP contribution < -0.4 is 10.1 Å². The molecule has 7 heteroatoms. The molecule has 6 nitrogen and oxygen atoms in total. The van der Waals surface area contributed by atoms with E-state index in [2.05, 4.69) is 10.3 Å². The van der Waals surface area contributed by atoms with E-state index >= 15 is 0 Å². The Morgan fingerprint density at radius 2 is 1.96 bits per heavy atom. The van der Waals surface area contributed by atoms with Crippen LogP contribution in [0.4, 0.5) is 5.82 Å². The van der Waals surface area contributed by atoms with Crippen molar-refractivity contribution in [3.63, 3.8) is 0 Å². The zero-order valence-corrected chi connectivity index (χ0v) is 13.9. The molecule has 0 bridgehead atoms. The molecule has 1 aromatic carbocycles. The Labute approximate surface area is 144 Å². The Balaban J connectivity index is 1.82. The third kappa shape index (κ3) is 5.55. The largest absolute Gasteiger partial charge is 0.493 e. The second-order valence-corrected chi connectivity index (χ2v) is 5.19. The van der Waals surface area contributed by atoms with Crippen LogP contribution in [0.15, 0.2) is 42.6 Å². The SMILES string of the molecule is CCOC(=O)c1ccnc(NC(=O)CCOc2ccc(Cl)cc2)c1. The molecule has 2 aromatic rings. The number of carbonyl (C=O) groups is 2. The van der Waals surface area contributed by atoms with Gasteiger partial charge >= 0.3 is 5.97 Å². The number of aromatic nitrogens is 1. The van der Waals surface area contributed by atoms with Crippen molar-refractivity contribution in [3.05, 3.63) is 53.2 Å². The predicted octanol–water partition coefficient (Wildman–Crippen LogP) is 3.32. The molecule has 0 saturated carbocycles. The first kappa shape index (κ1) is 17.7. The molecule has 2 rings (SSSR count). The van der Waals surface area contributed by atoms with E-state index in [0.29, 0.717) is 16.3 Å². The minimum Gasteiger partial charge on any atom is -0.493 e. The topological polar surface area (TPSA) is 77.5 Å². The van der Waals surface area contributed by atoms with Gasteiger partial charge in [0.1, 0.15) is 11.6 Å². The summed E-state index contributed by atoms with van der Waals surface area (Å²) in [4.78, 5) is 27.5. The van der Waals surface area contributed by atoms with Gasteiger partial charge in [0.2, 0.25) is 5.91 Å². The molecule has 0 atom stereocenters. The zero-order valence-electron chi connectivity index (χ0n) is 13.1. The van der Waals surface area contributed by atoms with Crippen LogP contribution in [0.3, 0.4) is 0 Å². The van der Waals surface area contributed by atoms with E-state index in [1.165, 1.54) is 18.3 Å². The van der Waals surface area contributed by atoms with E-state index in [9.17, 15) is 9.59 Å². The predicted molar refractivity (Wildman–Crippen MR) is 90.4 cm³/mol. The van der Waals surface area contributed by atoms with Crippen LogP contribution in [0.2, 0.25) is 5.02 Å². The fourth-order valence-corrected chi connectivity index (χ4v) is 1.96. The lowest BCUT2D eigenvalue weighted by atomic mass is 10.2. The maximum atomic E-state index is 11.9. The van der Waals surface area contributed by atoms with Gasteiger partial charge in [-0.3, -0.25) is 4.79 Å². The van der Waals surface area contributed by atoms with Gasteiger partial charge in [0, 0.05) is 11.2 Å². The highest BCUT2D eigenvalue weighted by Gasteiger charge is 2.09. The fourth-order valence-electron chi connectivity index (χ4n) is 1.84. The van der Waals surface area contributed by atoms with Crippen molar-refractivity contribution in [2.24, 2.45) is 0 Å². The number of pyridine rings is 1. The van der Waals surface area contributed by atoms with E-state index in [0.717, 1.165) is 0 Å². The fraction of sp³-hybridized carbons (Fsp3) is 0.235. The number of amides is 1. The van der Waals surface area contributed by atoms with Gasteiger partial charge in [0.25, 0.3) is 0 Å². The quantitative estimate of drug-likeness (QED) is 0.777. The first-order chi connectivity index (χ1) is 11.6. The number of nitrogens with zero attached hydrogens (tertiary/aromatic N) is 1. The van der Waals surface area contributed by atoms with E-state index < -0.39 is 5.97 Å². The Morgan fingerprint density at radius 1 is 1.21 bits per heavy atom. The Bertz CT molecular complexity index is 704. The van der Waals surface area contributed by atoms with Crippen molar-refractivity contribution in [2.75, 3.05) is 18.5 Å². The van der Waals surface area contributed by atoms with Crippen LogP contribution in [0.1, 0.15) is 23.7 Å². The van der Waals surface area contributed by atoms with E-state index in [1.807, 2.05) is 0 Å². The number of carbonyl (C=O) groups excluding carboxylic acids is 2. The standard InChI is InChI=1S/C17H17ClN2O4/c1-2-23-17(22)12-7-9-19-15(11-12)20-16(21)8-10-24-14-5-3-13(18)4-6-14/h3-7,9,11H,2,8,10H2,1H3,(H,19,20,21). The highest BCUT2D eigenvalue weighted by molar-refractivity contribution is 6.30. The molecule has 0 radical (unpaired) electrons. The van der Waals surface area contributed by atoms with Crippen LogP contribution in [0.5, 0.6) is 5.75 Å². The molecular weight excluding hydrogens is 332 g/mol. The molecule has 0 fully saturated rings. The van der Waals surface area contributed by atoms with Gasteiger partial charge < -0.3 is 14.8 Å². The molecule has 1 aromatic heterocycles. The summed E-state index contributed by atoms with van der Waals surface area (Å²) in [6.45, 7) is 2.22. The van der Waals surface area contributed by atoms with Crippen molar-refractivity contribution in [1.29, 1.82) is 0 Å². The van der Waals surface area contributed by atoms with Gasteiger partial charge in [-0.15, -0.1) is 0 Å². The van der Waals surface area contributed by atoms with E-state index in [-0.39, 0.29) is 31.4 Å². The summed E-state index contributed by atoms with van der Waals surface area (Å²) in [6, 6.07) is 9.87. The number of benzene rings is 1. The maximum absolute atomic E-state index is 11.9. The summed E-state index contributed by atoms with van der Waals surface area (Å²) in [5.74, 6) is 0.200. The Kier molecular flexibility index (Phi) is 6.57. The van der Waals surface area contributed by atoms with Gasteiger partial charge in [-0.2, -0.15) is 0 Å². The first-order valence-electron chi connectivity index (χ1n) is 7.40.